The normalized spacial score (nSPS) is 26.1. The van der Waals surface area contributed by atoms with E-state index in [0.717, 1.165) is 30.3 Å². The van der Waals surface area contributed by atoms with Crippen molar-refractivity contribution in [1.82, 2.24) is 9.55 Å². The van der Waals surface area contributed by atoms with Gasteiger partial charge >= 0.3 is 0 Å². The molecule has 4 nitrogen and oxygen atoms in total. The maximum absolute atomic E-state index is 9.21. The molecule has 1 atom stereocenters. The van der Waals surface area contributed by atoms with Crippen LogP contribution in [-0.2, 0) is 18.4 Å². The van der Waals surface area contributed by atoms with Crippen LogP contribution in [0.1, 0.15) is 44.2 Å². The largest absolute Gasteiger partial charge is 0.390 e. The number of imidazole rings is 1. The average molecular weight is 282 g/mol. The van der Waals surface area contributed by atoms with Crippen molar-refractivity contribution < 1.29 is 9.84 Å². The van der Waals surface area contributed by atoms with Crippen molar-refractivity contribution in [3.8, 4) is 0 Å². The zero-order chi connectivity index (χ0) is 13.3. The van der Waals surface area contributed by atoms with Crippen LogP contribution in [0.15, 0.2) is 11.4 Å². The van der Waals surface area contributed by atoms with E-state index >= 15 is 0 Å². The van der Waals surface area contributed by atoms with Gasteiger partial charge in [0.15, 0.2) is 5.16 Å². The number of aliphatic hydroxyl groups is 1. The molecule has 2 heterocycles. The predicted molar refractivity (Wildman–Crippen MR) is 75.2 cm³/mol. The number of aliphatic hydroxyl groups excluding tert-OH is 1. The van der Waals surface area contributed by atoms with Crippen molar-refractivity contribution in [2.45, 2.75) is 61.1 Å². The van der Waals surface area contributed by atoms with Gasteiger partial charge in [-0.15, -0.1) is 0 Å². The first-order valence-corrected chi connectivity index (χ1v) is 8.02. The van der Waals surface area contributed by atoms with Crippen molar-refractivity contribution in [3.63, 3.8) is 0 Å². The van der Waals surface area contributed by atoms with E-state index in [1.54, 1.807) is 6.20 Å². The molecule has 2 fully saturated rings. The highest BCUT2D eigenvalue weighted by molar-refractivity contribution is 7.99. The van der Waals surface area contributed by atoms with Gasteiger partial charge in [0.2, 0.25) is 0 Å². The predicted octanol–water partition coefficient (Wildman–Crippen LogP) is 2.50. The Kier molecular flexibility index (Phi) is 3.87. The van der Waals surface area contributed by atoms with E-state index in [9.17, 15) is 5.11 Å². The molecule has 0 amide bonds. The molecule has 1 saturated carbocycles. The molecule has 1 aliphatic heterocycles. The SMILES string of the molecule is Cn1c(CO)cnc1SC1CCOC2(CCCC2)C1. The third-order valence-electron chi connectivity index (χ3n) is 4.44. The Morgan fingerprint density at radius 1 is 1.53 bits per heavy atom. The summed E-state index contributed by atoms with van der Waals surface area (Å²) >= 11 is 1.85. The van der Waals surface area contributed by atoms with Crippen LogP contribution in [-0.4, -0.2) is 32.1 Å². The molecule has 1 saturated heterocycles. The van der Waals surface area contributed by atoms with Crippen LogP contribution in [0.2, 0.25) is 0 Å². The van der Waals surface area contributed by atoms with Gasteiger partial charge in [-0.25, -0.2) is 4.98 Å². The molecular formula is C14H22N2O2S. The fourth-order valence-corrected chi connectivity index (χ4v) is 4.57. The Balaban J connectivity index is 1.67. The number of ether oxygens (including phenoxy) is 1. The number of hydrogen-bond donors (Lipinski definition) is 1. The highest BCUT2D eigenvalue weighted by Crippen LogP contribution is 2.44. The summed E-state index contributed by atoms with van der Waals surface area (Å²) in [5.74, 6) is 0. The monoisotopic (exact) mass is 282 g/mol. The van der Waals surface area contributed by atoms with Crippen LogP contribution in [0, 0.1) is 0 Å². The van der Waals surface area contributed by atoms with Gasteiger partial charge in [0.1, 0.15) is 0 Å². The van der Waals surface area contributed by atoms with Crippen molar-refractivity contribution in [2.24, 2.45) is 7.05 Å². The van der Waals surface area contributed by atoms with Gasteiger partial charge in [-0.05, 0) is 25.7 Å². The molecule has 2 aliphatic rings. The zero-order valence-electron chi connectivity index (χ0n) is 11.5. The average Bonchev–Trinajstić information content (AvgIpc) is 2.99. The van der Waals surface area contributed by atoms with Crippen molar-refractivity contribution in [3.05, 3.63) is 11.9 Å². The van der Waals surface area contributed by atoms with Crippen LogP contribution in [0.25, 0.3) is 0 Å². The molecule has 1 N–H and O–H groups in total. The lowest BCUT2D eigenvalue weighted by atomic mass is 9.92. The summed E-state index contributed by atoms with van der Waals surface area (Å²) in [5.41, 5.74) is 1.05. The van der Waals surface area contributed by atoms with Crippen LogP contribution in [0.3, 0.4) is 0 Å². The number of aromatic nitrogens is 2. The third-order valence-corrected chi connectivity index (χ3v) is 5.76. The fourth-order valence-electron chi connectivity index (χ4n) is 3.28. The first-order chi connectivity index (χ1) is 9.22. The maximum Gasteiger partial charge on any atom is 0.168 e. The molecule has 1 unspecified atom stereocenters. The van der Waals surface area contributed by atoms with Crippen LogP contribution < -0.4 is 0 Å². The van der Waals surface area contributed by atoms with Gasteiger partial charge in [0, 0.05) is 18.9 Å². The van der Waals surface area contributed by atoms with E-state index in [0.29, 0.717) is 5.25 Å². The molecule has 1 aromatic heterocycles. The Morgan fingerprint density at radius 3 is 3.00 bits per heavy atom. The highest BCUT2D eigenvalue weighted by atomic mass is 32.2. The lowest BCUT2D eigenvalue weighted by Crippen LogP contribution is -2.38. The Labute approximate surface area is 118 Å². The van der Waals surface area contributed by atoms with Crippen molar-refractivity contribution in [1.29, 1.82) is 0 Å². The van der Waals surface area contributed by atoms with E-state index in [2.05, 4.69) is 4.98 Å². The molecule has 5 heteroatoms. The summed E-state index contributed by atoms with van der Waals surface area (Å²) in [5, 5.41) is 10.8. The standard InChI is InChI=1S/C14H22N2O2S/c1-16-11(10-17)9-15-13(16)19-12-4-7-18-14(8-12)5-2-3-6-14/h9,12,17H,2-8,10H2,1H3. The molecule has 1 spiro atoms. The molecule has 1 aromatic rings. The molecule has 106 valence electrons. The number of hydrogen-bond acceptors (Lipinski definition) is 4. The van der Waals surface area contributed by atoms with Crippen LogP contribution in [0.5, 0.6) is 0 Å². The molecule has 0 radical (unpaired) electrons. The minimum Gasteiger partial charge on any atom is -0.390 e. The second kappa shape index (κ2) is 5.46. The van der Waals surface area contributed by atoms with Gasteiger partial charge < -0.3 is 14.4 Å². The first-order valence-electron chi connectivity index (χ1n) is 7.14. The second-order valence-electron chi connectivity index (χ2n) is 5.72. The molecule has 0 bridgehead atoms. The number of nitrogens with zero attached hydrogens (tertiary/aromatic N) is 2. The van der Waals surface area contributed by atoms with Gasteiger partial charge in [-0.1, -0.05) is 24.6 Å². The lowest BCUT2D eigenvalue weighted by Gasteiger charge is -2.37. The summed E-state index contributed by atoms with van der Waals surface area (Å²) < 4.78 is 8.07. The van der Waals surface area contributed by atoms with Gasteiger partial charge in [-0.3, -0.25) is 0 Å². The molecule has 19 heavy (non-hydrogen) atoms. The topological polar surface area (TPSA) is 47.3 Å². The smallest absolute Gasteiger partial charge is 0.168 e. The number of thioether (sulfide) groups is 1. The van der Waals surface area contributed by atoms with Gasteiger partial charge in [0.25, 0.3) is 0 Å². The van der Waals surface area contributed by atoms with Crippen molar-refractivity contribution >= 4 is 11.8 Å². The molecule has 0 aromatic carbocycles. The summed E-state index contributed by atoms with van der Waals surface area (Å²) in [6.45, 7) is 0.941. The van der Waals surface area contributed by atoms with E-state index in [1.165, 1.54) is 25.7 Å². The molecule has 1 aliphatic carbocycles. The minimum absolute atomic E-state index is 0.0573. The van der Waals surface area contributed by atoms with Crippen molar-refractivity contribution in [2.75, 3.05) is 6.61 Å². The van der Waals surface area contributed by atoms with E-state index in [1.807, 2.05) is 23.4 Å². The van der Waals surface area contributed by atoms with E-state index < -0.39 is 0 Å². The highest BCUT2D eigenvalue weighted by Gasteiger charge is 2.40. The summed E-state index contributed by atoms with van der Waals surface area (Å²) in [4.78, 5) is 4.42. The number of rotatable bonds is 3. The van der Waals surface area contributed by atoms with Crippen LogP contribution in [0.4, 0.5) is 0 Å². The van der Waals surface area contributed by atoms with Crippen LogP contribution >= 0.6 is 11.8 Å². The fraction of sp³-hybridized carbons (Fsp3) is 0.786. The van der Waals surface area contributed by atoms with Gasteiger partial charge in [-0.2, -0.15) is 0 Å². The molecule has 3 rings (SSSR count). The first kappa shape index (κ1) is 13.5. The van der Waals surface area contributed by atoms with E-state index in [4.69, 9.17) is 4.74 Å². The maximum atomic E-state index is 9.21. The summed E-state index contributed by atoms with van der Waals surface area (Å²) in [6.07, 6.45) is 9.11. The Morgan fingerprint density at radius 2 is 2.32 bits per heavy atom. The second-order valence-corrected chi connectivity index (χ2v) is 6.99. The quantitative estimate of drug-likeness (QED) is 0.925. The minimum atomic E-state index is 0.0573. The summed E-state index contributed by atoms with van der Waals surface area (Å²) in [6, 6.07) is 0. The Hall–Kier alpha value is -0.520. The van der Waals surface area contributed by atoms with E-state index in [-0.39, 0.29) is 12.2 Å². The third kappa shape index (κ3) is 2.69. The lowest BCUT2D eigenvalue weighted by molar-refractivity contribution is -0.0704. The van der Waals surface area contributed by atoms with Gasteiger partial charge in [0.05, 0.1) is 24.1 Å². The zero-order valence-corrected chi connectivity index (χ0v) is 12.3. The Bertz CT molecular complexity index is 441. The summed E-state index contributed by atoms with van der Waals surface area (Å²) in [7, 11) is 1.98. The molecular weight excluding hydrogens is 260 g/mol.